The smallest absolute Gasteiger partial charge is 0.255 e. The third kappa shape index (κ3) is 7.55. The van der Waals surface area contributed by atoms with Crippen molar-refractivity contribution >= 4 is 29.1 Å². The second-order valence-corrected chi connectivity index (χ2v) is 17.5. The van der Waals surface area contributed by atoms with Crippen molar-refractivity contribution in [3.8, 4) is 5.75 Å². The van der Waals surface area contributed by atoms with Crippen molar-refractivity contribution in [3.63, 3.8) is 0 Å². The molecule has 1 aliphatic carbocycles. The maximum absolute atomic E-state index is 13.1. The van der Waals surface area contributed by atoms with Gasteiger partial charge in [0.1, 0.15) is 11.8 Å². The molecule has 3 amide bonds. The predicted octanol–water partition coefficient (Wildman–Crippen LogP) is 6.32. The van der Waals surface area contributed by atoms with Gasteiger partial charge in [0.05, 0.1) is 0 Å². The van der Waals surface area contributed by atoms with E-state index < -0.39 is 6.04 Å². The van der Waals surface area contributed by atoms with Crippen LogP contribution in [0.2, 0.25) is 0 Å². The van der Waals surface area contributed by atoms with Gasteiger partial charge in [-0.05, 0) is 120 Å². The van der Waals surface area contributed by atoms with Crippen molar-refractivity contribution in [1.29, 1.82) is 0 Å². The molecule has 0 bridgehead atoms. The quantitative estimate of drug-likeness (QED) is 0.276. The van der Waals surface area contributed by atoms with Gasteiger partial charge >= 0.3 is 0 Å². The number of aryl methyl sites for hydroxylation is 1. The zero-order valence-corrected chi connectivity index (χ0v) is 31.7. The Balaban J connectivity index is 0.830. The number of nitrogens with one attached hydrogen (secondary N) is 1. The Morgan fingerprint density at radius 1 is 0.755 bits per heavy atom. The molecule has 53 heavy (non-hydrogen) atoms. The molecule has 9 heteroatoms. The standard InChI is InChI=1S/C44H55N5O4/c1-44(2,3)26-32-5-4-31-25-36(50)11-13-37(31)41(32)30-6-8-34(9-7-30)47-18-16-29(17-19-47)27-46-20-22-48(23-21-46)35-10-12-38-33(24-35)28-49(43(38)53)39-14-15-40(51)45-42(39)52/h6-13,24-25,29,32,39,41,50H,4-5,14-23,26-28H2,1-3H3,(H,45,51,52)/t32-,39?,41+/m0/s1. The number of hydrogen-bond acceptors (Lipinski definition) is 7. The summed E-state index contributed by atoms with van der Waals surface area (Å²) in [4.78, 5) is 46.5. The minimum absolute atomic E-state index is 0.119. The summed E-state index contributed by atoms with van der Waals surface area (Å²) < 4.78 is 0. The van der Waals surface area contributed by atoms with E-state index in [9.17, 15) is 19.5 Å². The molecule has 3 aromatic carbocycles. The van der Waals surface area contributed by atoms with E-state index in [1.54, 1.807) is 4.90 Å². The zero-order valence-electron chi connectivity index (χ0n) is 31.7. The lowest BCUT2D eigenvalue weighted by Gasteiger charge is -2.40. The highest BCUT2D eigenvalue weighted by atomic mass is 16.3. The lowest BCUT2D eigenvalue weighted by Crippen LogP contribution is -2.52. The van der Waals surface area contributed by atoms with Crippen LogP contribution in [-0.2, 0) is 22.6 Å². The van der Waals surface area contributed by atoms with Crippen LogP contribution in [0.5, 0.6) is 5.75 Å². The molecule has 3 saturated heterocycles. The van der Waals surface area contributed by atoms with E-state index in [0.29, 0.717) is 42.0 Å². The van der Waals surface area contributed by atoms with Crippen LogP contribution < -0.4 is 15.1 Å². The summed E-state index contributed by atoms with van der Waals surface area (Å²) in [7, 11) is 0. The maximum atomic E-state index is 13.1. The number of carbonyl (C=O) groups is 3. The first kappa shape index (κ1) is 35.6. The normalized spacial score (nSPS) is 24.3. The van der Waals surface area contributed by atoms with Gasteiger partial charge in [0.25, 0.3) is 5.91 Å². The van der Waals surface area contributed by atoms with Crippen molar-refractivity contribution < 1.29 is 19.5 Å². The number of anilines is 2. The summed E-state index contributed by atoms with van der Waals surface area (Å²) in [6, 6.07) is 21.0. The van der Waals surface area contributed by atoms with Gasteiger partial charge in [-0.1, -0.05) is 39.0 Å². The first-order valence-electron chi connectivity index (χ1n) is 19.9. The largest absolute Gasteiger partial charge is 0.508 e. The van der Waals surface area contributed by atoms with E-state index in [0.717, 1.165) is 69.9 Å². The second-order valence-electron chi connectivity index (χ2n) is 17.5. The predicted molar refractivity (Wildman–Crippen MR) is 208 cm³/mol. The molecule has 280 valence electrons. The monoisotopic (exact) mass is 717 g/mol. The number of amides is 3. The number of carbonyl (C=O) groups excluding carboxylic acids is 3. The van der Waals surface area contributed by atoms with Crippen molar-refractivity contribution in [2.45, 2.75) is 84.2 Å². The van der Waals surface area contributed by atoms with Gasteiger partial charge in [-0.25, -0.2) is 0 Å². The highest BCUT2D eigenvalue weighted by Gasteiger charge is 2.39. The summed E-state index contributed by atoms with van der Waals surface area (Å²) in [5, 5.41) is 12.6. The minimum atomic E-state index is -0.582. The van der Waals surface area contributed by atoms with Gasteiger partial charge in [-0.15, -0.1) is 0 Å². The molecule has 3 atom stereocenters. The van der Waals surface area contributed by atoms with Crippen LogP contribution in [-0.4, -0.2) is 84.5 Å². The molecule has 9 nitrogen and oxygen atoms in total. The number of piperidine rings is 2. The Labute approximate surface area is 314 Å². The van der Waals surface area contributed by atoms with Crippen molar-refractivity contribution in [2.75, 3.05) is 55.6 Å². The van der Waals surface area contributed by atoms with Gasteiger partial charge in [-0.3, -0.25) is 24.6 Å². The van der Waals surface area contributed by atoms with E-state index in [1.165, 1.54) is 41.6 Å². The minimum Gasteiger partial charge on any atom is -0.508 e. The molecule has 5 aliphatic rings. The number of phenols is 1. The first-order chi connectivity index (χ1) is 25.5. The van der Waals surface area contributed by atoms with Gasteiger partial charge < -0.3 is 19.8 Å². The molecule has 3 aromatic rings. The Morgan fingerprint density at radius 2 is 1.47 bits per heavy atom. The highest BCUT2D eigenvalue weighted by Crippen LogP contribution is 2.46. The summed E-state index contributed by atoms with van der Waals surface area (Å²) >= 11 is 0. The molecule has 0 saturated carbocycles. The molecule has 1 unspecified atom stereocenters. The highest BCUT2D eigenvalue weighted by molar-refractivity contribution is 6.05. The van der Waals surface area contributed by atoms with Gasteiger partial charge in [-0.2, -0.15) is 0 Å². The van der Waals surface area contributed by atoms with Gasteiger partial charge in [0.2, 0.25) is 11.8 Å². The number of phenolic OH excluding ortho intramolecular Hbond substituents is 1. The molecule has 4 aliphatic heterocycles. The van der Waals surface area contributed by atoms with Crippen molar-refractivity contribution in [1.82, 2.24) is 15.1 Å². The first-order valence-corrected chi connectivity index (χ1v) is 19.9. The fourth-order valence-electron chi connectivity index (χ4n) is 9.91. The zero-order chi connectivity index (χ0) is 36.9. The van der Waals surface area contributed by atoms with E-state index in [2.05, 4.69) is 77.2 Å². The fourth-order valence-corrected chi connectivity index (χ4v) is 9.91. The van der Waals surface area contributed by atoms with E-state index in [4.69, 9.17) is 0 Å². The van der Waals surface area contributed by atoms with Crippen LogP contribution >= 0.6 is 0 Å². The Hall–Kier alpha value is -4.37. The number of piperazine rings is 1. The van der Waals surface area contributed by atoms with Crippen LogP contribution in [0.15, 0.2) is 60.7 Å². The van der Waals surface area contributed by atoms with Gasteiger partial charge in [0, 0.05) is 81.6 Å². The van der Waals surface area contributed by atoms with E-state index in [1.807, 2.05) is 24.3 Å². The van der Waals surface area contributed by atoms with Crippen molar-refractivity contribution in [3.05, 3.63) is 88.5 Å². The van der Waals surface area contributed by atoms with Crippen molar-refractivity contribution in [2.24, 2.45) is 17.3 Å². The maximum Gasteiger partial charge on any atom is 0.255 e. The summed E-state index contributed by atoms with van der Waals surface area (Å²) in [5.74, 6) is 1.28. The second kappa shape index (κ2) is 14.5. The third-order valence-electron chi connectivity index (χ3n) is 12.6. The molecule has 0 spiro atoms. The lowest BCUT2D eigenvalue weighted by molar-refractivity contribution is -0.136. The Morgan fingerprint density at radius 3 is 2.19 bits per heavy atom. The van der Waals surface area contributed by atoms with Crippen LogP contribution in [0.1, 0.15) is 97.8 Å². The Bertz CT molecular complexity index is 1850. The van der Waals surface area contributed by atoms with Gasteiger partial charge in [0.15, 0.2) is 0 Å². The van der Waals surface area contributed by atoms with E-state index in [-0.39, 0.29) is 29.6 Å². The van der Waals surface area contributed by atoms with Crippen LogP contribution in [0.25, 0.3) is 0 Å². The summed E-state index contributed by atoms with van der Waals surface area (Å²) in [6.45, 7) is 14.8. The fraction of sp³-hybridized carbons (Fsp3) is 0.523. The molecule has 0 radical (unpaired) electrons. The number of hydrogen-bond donors (Lipinski definition) is 2. The Kier molecular flexibility index (Phi) is 9.73. The number of rotatable bonds is 7. The summed E-state index contributed by atoms with van der Waals surface area (Å²) in [6.07, 6.45) is 6.44. The third-order valence-corrected chi connectivity index (χ3v) is 12.6. The molecule has 0 aromatic heterocycles. The summed E-state index contributed by atoms with van der Waals surface area (Å²) in [5.41, 5.74) is 8.45. The number of nitrogens with zero attached hydrogens (tertiary/aromatic N) is 4. The van der Waals surface area contributed by atoms with Crippen LogP contribution in [0, 0.1) is 17.3 Å². The SMILES string of the molecule is CC(C)(C)C[C@@H]1CCc2cc(O)ccc2[C@@H]1c1ccc(N2CCC(CN3CCN(c4ccc5c(c4)CN(C4CCC(=O)NC4=O)C5=O)CC3)CC2)cc1. The van der Waals surface area contributed by atoms with Crippen LogP contribution in [0.3, 0.4) is 0 Å². The molecule has 4 heterocycles. The molecular weight excluding hydrogens is 663 g/mol. The van der Waals surface area contributed by atoms with Crippen LogP contribution in [0.4, 0.5) is 11.4 Å². The molecule has 3 fully saturated rings. The topological polar surface area (TPSA) is 96.4 Å². The number of aromatic hydroxyl groups is 1. The number of benzene rings is 3. The average Bonchev–Trinajstić information content (AvgIpc) is 3.46. The number of fused-ring (bicyclic) bond motifs is 2. The lowest BCUT2D eigenvalue weighted by atomic mass is 9.67. The molecular formula is C44H55N5O4. The average molecular weight is 718 g/mol. The number of imide groups is 1. The molecule has 8 rings (SSSR count). The van der Waals surface area contributed by atoms with E-state index >= 15 is 0 Å². The molecule has 2 N–H and O–H groups in total.